The van der Waals surface area contributed by atoms with E-state index < -0.39 is 5.97 Å². The molecule has 8 nitrogen and oxygen atoms in total. The molecule has 4 N–H and O–H groups in total. The lowest BCUT2D eigenvalue weighted by Gasteiger charge is -2.07. The first-order chi connectivity index (χ1) is 13.8. The van der Waals surface area contributed by atoms with Crippen LogP contribution in [0, 0.1) is 6.92 Å². The largest absolute Gasteiger partial charge is 0.493 e. The van der Waals surface area contributed by atoms with E-state index in [0.717, 1.165) is 0 Å². The molecule has 0 aliphatic carbocycles. The summed E-state index contributed by atoms with van der Waals surface area (Å²) in [5.74, 6) is -1.13. The van der Waals surface area contributed by atoms with Gasteiger partial charge in [0.15, 0.2) is 5.11 Å². The second kappa shape index (κ2) is 8.72. The summed E-state index contributed by atoms with van der Waals surface area (Å²) in [7, 11) is 0. The Kier molecular flexibility index (Phi) is 6.10. The molecule has 29 heavy (non-hydrogen) atoms. The van der Waals surface area contributed by atoms with Gasteiger partial charge in [0, 0.05) is 10.7 Å². The highest BCUT2D eigenvalue weighted by Gasteiger charge is 2.14. The van der Waals surface area contributed by atoms with Gasteiger partial charge in [-0.05, 0) is 55.5 Å². The molecule has 0 saturated heterocycles. The fraction of sp³-hybridized carbons (Fsp3) is 0.0526. The number of anilines is 1. The van der Waals surface area contributed by atoms with Crippen molar-refractivity contribution in [2.75, 3.05) is 5.32 Å². The van der Waals surface area contributed by atoms with Crippen LogP contribution in [0.25, 0.3) is 5.69 Å². The summed E-state index contributed by atoms with van der Waals surface area (Å²) in [5, 5.41) is 31.3. The van der Waals surface area contributed by atoms with E-state index in [2.05, 4.69) is 20.9 Å². The van der Waals surface area contributed by atoms with E-state index in [4.69, 9.17) is 28.9 Å². The Labute approximate surface area is 176 Å². The molecule has 3 aromatic rings. The average Bonchev–Trinajstić information content (AvgIpc) is 2.96. The number of carboxylic acid groups (broad SMARTS) is 1. The van der Waals surface area contributed by atoms with Crippen LogP contribution < -0.4 is 10.7 Å². The van der Waals surface area contributed by atoms with Crippen LogP contribution in [-0.4, -0.2) is 37.3 Å². The summed E-state index contributed by atoms with van der Waals surface area (Å²) in [5.41, 5.74) is 4.83. The van der Waals surface area contributed by atoms with Crippen LogP contribution in [-0.2, 0) is 0 Å². The molecular weight excluding hydrogens is 414 g/mol. The van der Waals surface area contributed by atoms with Crippen LogP contribution in [0.5, 0.6) is 5.88 Å². The number of thiocarbonyl (C=S) groups is 1. The maximum atomic E-state index is 11.0. The Bertz CT molecular complexity index is 1110. The minimum absolute atomic E-state index is 0.0941. The van der Waals surface area contributed by atoms with Gasteiger partial charge < -0.3 is 15.5 Å². The molecule has 0 aliphatic heterocycles. The highest BCUT2D eigenvalue weighted by atomic mass is 35.5. The Hall–Kier alpha value is -3.43. The number of hydrazone groups is 1. The molecule has 1 aromatic heterocycles. The second-order valence-electron chi connectivity index (χ2n) is 5.92. The highest BCUT2D eigenvalue weighted by Crippen LogP contribution is 2.24. The molecule has 148 valence electrons. The fourth-order valence-corrected chi connectivity index (χ4v) is 2.87. The van der Waals surface area contributed by atoms with Gasteiger partial charge in [-0.2, -0.15) is 10.2 Å². The lowest BCUT2D eigenvalue weighted by atomic mass is 10.2. The third-order valence-corrected chi connectivity index (χ3v) is 4.29. The van der Waals surface area contributed by atoms with Gasteiger partial charge in [-0.3, -0.25) is 5.43 Å². The molecule has 0 fully saturated rings. The van der Waals surface area contributed by atoms with Crippen LogP contribution in [0.1, 0.15) is 21.6 Å². The molecule has 0 radical (unpaired) electrons. The van der Waals surface area contributed by atoms with Crippen LogP contribution in [0.15, 0.2) is 53.6 Å². The van der Waals surface area contributed by atoms with Crippen LogP contribution in [0.2, 0.25) is 5.02 Å². The molecule has 1 heterocycles. The molecule has 0 spiro atoms. The lowest BCUT2D eigenvalue weighted by Crippen LogP contribution is -2.24. The Morgan fingerprint density at radius 2 is 2.03 bits per heavy atom. The molecule has 0 amide bonds. The first-order valence-electron chi connectivity index (χ1n) is 8.33. The van der Waals surface area contributed by atoms with E-state index in [9.17, 15) is 9.90 Å². The van der Waals surface area contributed by atoms with Crippen molar-refractivity contribution in [3.05, 3.63) is 70.4 Å². The van der Waals surface area contributed by atoms with Crippen molar-refractivity contribution in [1.82, 2.24) is 15.2 Å². The molecule has 2 aromatic carbocycles. The summed E-state index contributed by atoms with van der Waals surface area (Å²) >= 11 is 11.1. The van der Waals surface area contributed by atoms with Crippen molar-refractivity contribution in [3.63, 3.8) is 0 Å². The summed E-state index contributed by atoms with van der Waals surface area (Å²) in [6.45, 7) is 1.73. The van der Waals surface area contributed by atoms with Gasteiger partial charge in [-0.25, -0.2) is 9.48 Å². The predicted molar refractivity (Wildman–Crippen MR) is 115 cm³/mol. The van der Waals surface area contributed by atoms with Gasteiger partial charge in [0.1, 0.15) is 0 Å². The van der Waals surface area contributed by atoms with Crippen molar-refractivity contribution >= 4 is 46.8 Å². The number of aromatic nitrogens is 2. The van der Waals surface area contributed by atoms with Gasteiger partial charge in [0.25, 0.3) is 0 Å². The summed E-state index contributed by atoms with van der Waals surface area (Å²) < 4.78 is 1.36. The van der Waals surface area contributed by atoms with Crippen LogP contribution >= 0.6 is 23.8 Å². The third kappa shape index (κ3) is 4.89. The zero-order valence-electron chi connectivity index (χ0n) is 15.1. The van der Waals surface area contributed by atoms with Gasteiger partial charge >= 0.3 is 5.97 Å². The van der Waals surface area contributed by atoms with Gasteiger partial charge in [0.2, 0.25) is 5.88 Å². The normalized spacial score (nSPS) is 10.8. The monoisotopic (exact) mass is 429 g/mol. The van der Waals surface area contributed by atoms with E-state index >= 15 is 0 Å². The van der Waals surface area contributed by atoms with E-state index in [1.54, 1.807) is 43.3 Å². The molecule has 0 atom stereocenters. The quantitative estimate of drug-likeness (QED) is 0.278. The topological polar surface area (TPSA) is 112 Å². The third-order valence-electron chi connectivity index (χ3n) is 3.86. The van der Waals surface area contributed by atoms with Gasteiger partial charge in [-0.15, -0.1) is 0 Å². The average molecular weight is 430 g/mol. The number of aromatic hydroxyl groups is 1. The number of halogens is 1. The van der Waals surface area contributed by atoms with Crippen molar-refractivity contribution in [1.29, 1.82) is 0 Å². The second-order valence-corrected chi connectivity index (χ2v) is 6.77. The minimum atomic E-state index is -1.03. The van der Waals surface area contributed by atoms with Gasteiger partial charge in [-0.1, -0.05) is 23.7 Å². The van der Waals surface area contributed by atoms with Gasteiger partial charge in [0.05, 0.1) is 28.7 Å². The Morgan fingerprint density at radius 1 is 1.28 bits per heavy atom. The maximum absolute atomic E-state index is 11.0. The zero-order valence-corrected chi connectivity index (χ0v) is 16.7. The molecular formula is C19H16ClN5O3S. The van der Waals surface area contributed by atoms with Crippen molar-refractivity contribution < 1.29 is 15.0 Å². The highest BCUT2D eigenvalue weighted by molar-refractivity contribution is 7.80. The van der Waals surface area contributed by atoms with Crippen molar-refractivity contribution in [2.45, 2.75) is 6.92 Å². The summed E-state index contributed by atoms with van der Waals surface area (Å²) in [6.07, 6.45) is 1.39. The Morgan fingerprint density at radius 3 is 2.76 bits per heavy atom. The summed E-state index contributed by atoms with van der Waals surface area (Å²) in [4.78, 5) is 11.0. The Balaban J connectivity index is 1.70. The molecule has 0 aliphatic rings. The number of benzene rings is 2. The number of hydrogen-bond acceptors (Lipinski definition) is 5. The minimum Gasteiger partial charge on any atom is -0.493 e. The van der Waals surface area contributed by atoms with Crippen molar-refractivity contribution in [3.8, 4) is 11.6 Å². The molecule has 0 saturated carbocycles. The number of carboxylic acids is 1. The number of nitrogens with one attached hydrogen (secondary N) is 2. The smallest absolute Gasteiger partial charge is 0.335 e. The van der Waals surface area contributed by atoms with E-state index in [1.165, 1.54) is 23.0 Å². The number of aryl methyl sites for hydroxylation is 1. The first kappa shape index (κ1) is 20.3. The van der Waals surface area contributed by atoms with E-state index in [1.807, 2.05) is 0 Å². The predicted octanol–water partition coefficient (Wildman–Crippen LogP) is 3.56. The van der Waals surface area contributed by atoms with E-state index in [-0.39, 0.29) is 16.6 Å². The first-order valence-corrected chi connectivity index (χ1v) is 9.11. The van der Waals surface area contributed by atoms with Crippen LogP contribution in [0.4, 0.5) is 5.69 Å². The molecule has 10 heteroatoms. The zero-order chi connectivity index (χ0) is 21.0. The van der Waals surface area contributed by atoms with Crippen molar-refractivity contribution in [2.24, 2.45) is 5.10 Å². The number of nitrogens with zero attached hydrogens (tertiary/aromatic N) is 3. The summed E-state index contributed by atoms with van der Waals surface area (Å²) in [6, 6.07) is 13.1. The SMILES string of the molecule is Cc1nn(-c2cccc(Cl)c2)c(O)c1/C=N/NC(=S)Nc1cccc(C(=O)O)c1. The number of carbonyl (C=O) groups is 1. The number of hydrogen-bond donors (Lipinski definition) is 4. The molecule has 0 unspecified atom stereocenters. The molecule has 0 bridgehead atoms. The fourth-order valence-electron chi connectivity index (χ4n) is 2.51. The number of rotatable bonds is 5. The van der Waals surface area contributed by atoms with E-state index in [0.29, 0.717) is 27.7 Å². The number of aromatic carboxylic acids is 1. The van der Waals surface area contributed by atoms with Crippen LogP contribution in [0.3, 0.4) is 0 Å². The maximum Gasteiger partial charge on any atom is 0.335 e. The standard InChI is InChI=1S/C19H16ClN5O3S/c1-11-16(17(26)25(24-11)15-7-3-5-13(20)9-15)10-21-23-19(29)22-14-6-2-4-12(8-14)18(27)28/h2-10,26H,1H3,(H,27,28)(H2,22,23,29)/b21-10+. The molecule has 3 rings (SSSR count). The lowest BCUT2D eigenvalue weighted by molar-refractivity contribution is 0.0697.